The van der Waals surface area contributed by atoms with Gasteiger partial charge in [0, 0.05) is 13.2 Å². The van der Waals surface area contributed by atoms with Crippen molar-refractivity contribution in [3.8, 4) is 10.7 Å². The highest BCUT2D eigenvalue weighted by molar-refractivity contribution is 7.99. The molecule has 2 aromatic heterocycles. The highest BCUT2D eigenvalue weighted by Crippen LogP contribution is 2.24. The fourth-order valence-corrected chi connectivity index (χ4v) is 3.06. The topological polar surface area (TPSA) is 95.1 Å². The van der Waals surface area contributed by atoms with Crippen molar-refractivity contribution in [2.24, 2.45) is 0 Å². The van der Waals surface area contributed by atoms with E-state index in [9.17, 15) is 4.79 Å². The molecule has 2 rings (SSSR count). The van der Waals surface area contributed by atoms with E-state index in [1.807, 2.05) is 24.4 Å². The third-order valence-electron chi connectivity index (χ3n) is 2.56. The number of hydrogen-bond donors (Lipinski definition) is 2. The number of nitrogen functional groups attached to an aromatic ring is 1. The molecule has 0 bridgehead atoms. The fraction of sp³-hybridized carbons (Fsp3) is 0.417. The number of nitrogens with zero attached hydrogens (tertiary/aromatic N) is 3. The maximum Gasteiger partial charge on any atom is 0.230 e. The van der Waals surface area contributed by atoms with Crippen LogP contribution in [0.1, 0.15) is 6.92 Å². The number of nitrogens with one attached hydrogen (secondary N) is 1. The number of carbonyl (C=O) groups is 1. The van der Waals surface area contributed by atoms with Gasteiger partial charge in [0.2, 0.25) is 11.1 Å². The van der Waals surface area contributed by atoms with Gasteiger partial charge in [0.05, 0.1) is 17.2 Å². The average molecular weight is 327 g/mol. The van der Waals surface area contributed by atoms with Crippen molar-refractivity contribution in [2.75, 3.05) is 25.3 Å². The smallest absolute Gasteiger partial charge is 0.230 e. The summed E-state index contributed by atoms with van der Waals surface area (Å²) in [4.78, 5) is 12.7. The summed E-state index contributed by atoms with van der Waals surface area (Å²) in [6.07, 6.45) is 0. The molecule has 0 fully saturated rings. The summed E-state index contributed by atoms with van der Waals surface area (Å²) >= 11 is 2.79. The summed E-state index contributed by atoms with van der Waals surface area (Å²) in [7, 11) is 1.60. The van der Waals surface area contributed by atoms with Gasteiger partial charge in [-0.3, -0.25) is 4.79 Å². The second kappa shape index (κ2) is 7.43. The summed E-state index contributed by atoms with van der Waals surface area (Å²) in [5, 5.41) is 13.3. The van der Waals surface area contributed by atoms with Crippen LogP contribution in [0.4, 0.5) is 0 Å². The number of amides is 1. The first-order valence-corrected chi connectivity index (χ1v) is 8.13. The minimum atomic E-state index is -0.0924. The van der Waals surface area contributed by atoms with Crippen LogP contribution in [-0.4, -0.2) is 46.3 Å². The zero-order chi connectivity index (χ0) is 15.2. The number of rotatable bonds is 7. The van der Waals surface area contributed by atoms with Gasteiger partial charge >= 0.3 is 0 Å². The number of methoxy groups -OCH3 is 1. The first kappa shape index (κ1) is 15.8. The van der Waals surface area contributed by atoms with Crippen molar-refractivity contribution >= 4 is 29.0 Å². The summed E-state index contributed by atoms with van der Waals surface area (Å²) in [6, 6.07) is 3.82. The molecule has 0 aliphatic carbocycles. The monoisotopic (exact) mass is 327 g/mol. The van der Waals surface area contributed by atoms with E-state index < -0.39 is 0 Å². The molecule has 0 aromatic carbocycles. The third-order valence-corrected chi connectivity index (χ3v) is 4.37. The first-order valence-electron chi connectivity index (χ1n) is 6.27. The van der Waals surface area contributed by atoms with E-state index in [1.165, 1.54) is 27.8 Å². The molecule has 2 heterocycles. The lowest BCUT2D eigenvalue weighted by molar-refractivity contribution is -0.119. The number of thioether (sulfide) groups is 1. The summed E-state index contributed by atoms with van der Waals surface area (Å²) < 4.78 is 6.37. The SMILES string of the molecule is COCC(C)NC(=O)CSc1nnc(-c2cccs2)n1N. The van der Waals surface area contributed by atoms with E-state index in [0.717, 1.165) is 4.88 Å². The molecule has 7 nitrogen and oxygen atoms in total. The Labute approximate surface area is 130 Å². The van der Waals surface area contributed by atoms with Gasteiger partial charge in [0.15, 0.2) is 5.82 Å². The number of ether oxygens (including phenoxy) is 1. The Morgan fingerprint density at radius 3 is 3.10 bits per heavy atom. The van der Waals surface area contributed by atoms with Crippen molar-refractivity contribution in [3.05, 3.63) is 17.5 Å². The molecule has 9 heteroatoms. The second-order valence-corrected chi connectivity index (χ2v) is 6.26. The van der Waals surface area contributed by atoms with Gasteiger partial charge in [-0.1, -0.05) is 17.8 Å². The van der Waals surface area contributed by atoms with Crippen LogP contribution in [0.15, 0.2) is 22.7 Å². The summed E-state index contributed by atoms with van der Waals surface area (Å²) in [6.45, 7) is 2.36. The van der Waals surface area contributed by atoms with E-state index in [0.29, 0.717) is 17.6 Å². The summed E-state index contributed by atoms with van der Waals surface area (Å²) in [5.74, 6) is 6.69. The molecule has 2 aromatic rings. The maximum atomic E-state index is 11.8. The molecule has 1 unspecified atom stereocenters. The highest BCUT2D eigenvalue weighted by Gasteiger charge is 2.15. The highest BCUT2D eigenvalue weighted by atomic mass is 32.2. The van der Waals surface area contributed by atoms with E-state index >= 15 is 0 Å². The standard InChI is InChI=1S/C12H17N5O2S2/c1-8(6-19-2)14-10(18)7-21-12-16-15-11(17(12)13)9-4-3-5-20-9/h3-5,8H,6-7,13H2,1-2H3,(H,14,18). The Kier molecular flexibility index (Phi) is 5.59. The lowest BCUT2D eigenvalue weighted by Gasteiger charge is -2.12. The molecule has 0 saturated heterocycles. The van der Waals surface area contributed by atoms with Crippen LogP contribution in [0, 0.1) is 0 Å². The van der Waals surface area contributed by atoms with Gasteiger partial charge in [-0.15, -0.1) is 21.5 Å². The number of hydrogen-bond acceptors (Lipinski definition) is 7. The van der Waals surface area contributed by atoms with E-state index in [2.05, 4.69) is 15.5 Å². The molecule has 0 saturated carbocycles. The van der Waals surface area contributed by atoms with Crippen LogP contribution in [0.5, 0.6) is 0 Å². The second-order valence-electron chi connectivity index (χ2n) is 4.37. The lowest BCUT2D eigenvalue weighted by Crippen LogP contribution is -2.36. The Hall–Kier alpha value is -1.58. The largest absolute Gasteiger partial charge is 0.383 e. The number of carbonyl (C=O) groups excluding carboxylic acids is 1. The van der Waals surface area contributed by atoms with E-state index in [1.54, 1.807) is 7.11 Å². The van der Waals surface area contributed by atoms with Gasteiger partial charge in [-0.05, 0) is 18.4 Å². The normalized spacial score (nSPS) is 12.3. The minimum absolute atomic E-state index is 0.0273. The fourth-order valence-electron chi connectivity index (χ4n) is 1.69. The quantitative estimate of drug-likeness (QED) is 0.581. The van der Waals surface area contributed by atoms with Crippen LogP contribution in [-0.2, 0) is 9.53 Å². The first-order chi connectivity index (χ1) is 10.1. The number of nitrogens with two attached hydrogens (primary N) is 1. The Morgan fingerprint density at radius 2 is 2.43 bits per heavy atom. The van der Waals surface area contributed by atoms with E-state index in [-0.39, 0.29) is 17.7 Å². The van der Waals surface area contributed by atoms with Crippen LogP contribution in [0.2, 0.25) is 0 Å². The molecule has 0 radical (unpaired) electrons. The molecular formula is C12H17N5O2S2. The molecule has 0 aliphatic rings. The molecule has 21 heavy (non-hydrogen) atoms. The molecular weight excluding hydrogens is 310 g/mol. The van der Waals surface area contributed by atoms with Crippen molar-refractivity contribution in [3.63, 3.8) is 0 Å². The minimum Gasteiger partial charge on any atom is -0.383 e. The average Bonchev–Trinajstić information content (AvgIpc) is 3.06. The Morgan fingerprint density at radius 1 is 1.62 bits per heavy atom. The summed E-state index contributed by atoms with van der Waals surface area (Å²) in [5.41, 5.74) is 0. The van der Waals surface area contributed by atoms with Gasteiger partial charge in [-0.2, -0.15) is 0 Å². The molecule has 1 atom stereocenters. The van der Waals surface area contributed by atoms with Crippen molar-refractivity contribution < 1.29 is 9.53 Å². The van der Waals surface area contributed by atoms with Gasteiger partial charge in [0.1, 0.15) is 0 Å². The van der Waals surface area contributed by atoms with Crippen LogP contribution < -0.4 is 11.2 Å². The molecule has 0 spiro atoms. The van der Waals surface area contributed by atoms with Crippen molar-refractivity contribution in [1.82, 2.24) is 20.2 Å². The number of aromatic nitrogens is 3. The van der Waals surface area contributed by atoms with Gasteiger partial charge in [-0.25, -0.2) is 4.68 Å². The predicted molar refractivity (Wildman–Crippen MR) is 83.7 cm³/mol. The Balaban J connectivity index is 1.91. The molecule has 1 amide bonds. The Bertz CT molecular complexity index is 584. The lowest BCUT2D eigenvalue weighted by atomic mass is 10.3. The maximum absolute atomic E-state index is 11.8. The molecule has 114 valence electrons. The van der Waals surface area contributed by atoms with Gasteiger partial charge in [0.25, 0.3) is 0 Å². The van der Waals surface area contributed by atoms with Gasteiger partial charge < -0.3 is 15.9 Å². The number of thiophene rings is 1. The molecule has 0 aliphatic heterocycles. The molecule has 3 N–H and O–H groups in total. The van der Waals surface area contributed by atoms with Crippen molar-refractivity contribution in [1.29, 1.82) is 0 Å². The zero-order valence-electron chi connectivity index (χ0n) is 11.8. The van der Waals surface area contributed by atoms with E-state index in [4.69, 9.17) is 10.6 Å². The van der Waals surface area contributed by atoms with Crippen LogP contribution in [0.3, 0.4) is 0 Å². The third kappa shape index (κ3) is 4.19. The van der Waals surface area contributed by atoms with Crippen molar-refractivity contribution in [2.45, 2.75) is 18.1 Å². The van der Waals surface area contributed by atoms with Crippen LogP contribution in [0.25, 0.3) is 10.7 Å². The predicted octanol–water partition coefficient (Wildman–Crippen LogP) is 0.964. The van der Waals surface area contributed by atoms with Crippen LogP contribution >= 0.6 is 23.1 Å². The zero-order valence-corrected chi connectivity index (χ0v) is 13.4.